The summed E-state index contributed by atoms with van der Waals surface area (Å²) in [5.41, 5.74) is -0.537. The second-order valence-electron chi connectivity index (χ2n) is 4.84. The minimum Gasteiger partial charge on any atom is -0.298 e. The standard InChI is InChI=1S/C14H14N2O3/c15-10-14(8-4-7-13(14)17)12(9-16(18)19)11-5-2-1-3-6-11/h1-3,5-6,12H,4,7-9H2/t12-,14-/m0/s1. The van der Waals surface area contributed by atoms with Crippen molar-refractivity contribution in [2.24, 2.45) is 5.41 Å². The molecule has 0 N–H and O–H groups in total. The normalized spacial score (nSPS) is 23.8. The molecule has 1 aromatic rings. The van der Waals surface area contributed by atoms with E-state index in [1.54, 1.807) is 24.3 Å². The zero-order valence-electron chi connectivity index (χ0n) is 10.4. The maximum atomic E-state index is 12.1. The molecule has 5 heteroatoms. The minimum absolute atomic E-state index is 0.161. The van der Waals surface area contributed by atoms with Crippen LogP contribution < -0.4 is 0 Å². The van der Waals surface area contributed by atoms with Crippen LogP contribution in [0.25, 0.3) is 0 Å². The van der Waals surface area contributed by atoms with Crippen molar-refractivity contribution in [1.29, 1.82) is 5.26 Å². The van der Waals surface area contributed by atoms with Gasteiger partial charge in [0.1, 0.15) is 5.41 Å². The van der Waals surface area contributed by atoms with E-state index >= 15 is 0 Å². The third-order valence-electron chi connectivity index (χ3n) is 3.80. The fraction of sp³-hybridized carbons (Fsp3) is 0.429. The molecule has 0 spiro atoms. The van der Waals surface area contributed by atoms with Crippen LogP contribution in [0.15, 0.2) is 30.3 Å². The first-order valence-electron chi connectivity index (χ1n) is 6.21. The molecule has 0 heterocycles. The van der Waals surface area contributed by atoms with Crippen LogP contribution in [0.3, 0.4) is 0 Å². The van der Waals surface area contributed by atoms with Crippen molar-refractivity contribution in [2.45, 2.75) is 25.2 Å². The fourth-order valence-corrected chi connectivity index (χ4v) is 2.84. The van der Waals surface area contributed by atoms with Gasteiger partial charge in [0.05, 0.1) is 12.0 Å². The average Bonchev–Trinajstić information content (AvgIpc) is 2.79. The first kappa shape index (κ1) is 13.2. The predicted octanol–water partition coefficient (Wildman–Crippen LogP) is 2.31. The van der Waals surface area contributed by atoms with E-state index in [0.29, 0.717) is 24.8 Å². The molecule has 0 aromatic heterocycles. The second-order valence-corrected chi connectivity index (χ2v) is 4.84. The molecule has 2 rings (SSSR count). The van der Waals surface area contributed by atoms with Gasteiger partial charge in [-0.1, -0.05) is 30.3 Å². The zero-order valence-corrected chi connectivity index (χ0v) is 10.4. The summed E-state index contributed by atoms with van der Waals surface area (Å²) < 4.78 is 0. The van der Waals surface area contributed by atoms with Gasteiger partial charge in [0, 0.05) is 11.3 Å². The lowest BCUT2D eigenvalue weighted by atomic mass is 9.71. The molecule has 98 valence electrons. The molecule has 0 unspecified atom stereocenters. The molecule has 1 aliphatic rings. The summed E-state index contributed by atoms with van der Waals surface area (Å²) in [5.74, 6) is -0.825. The summed E-state index contributed by atoms with van der Waals surface area (Å²) in [6, 6.07) is 10.9. The number of Topliss-reactive ketones (excluding diaryl/α,β-unsaturated/α-hetero) is 1. The topological polar surface area (TPSA) is 84.0 Å². The van der Waals surface area contributed by atoms with E-state index in [9.17, 15) is 20.2 Å². The molecule has 2 atom stereocenters. The van der Waals surface area contributed by atoms with Crippen molar-refractivity contribution >= 4 is 5.78 Å². The maximum Gasteiger partial charge on any atom is 0.212 e. The van der Waals surface area contributed by atoms with Gasteiger partial charge in [0.15, 0.2) is 5.78 Å². The Morgan fingerprint density at radius 1 is 1.42 bits per heavy atom. The number of nitrogens with zero attached hydrogens (tertiary/aromatic N) is 2. The Hall–Kier alpha value is -2.22. The summed E-state index contributed by atoms with van der Waals surface area (Å²) in [6.45, 7) is -0.386. The van der Waals surface area contributed by atoms with Gasteiger partial charge in [-0.2, -0.15) is 5.26 Å². The molecule has 0 bridgehead atoms. The molecule has 0 radical (unpaired) electrons. The van der Waals surface area contributed by atoms with Gasteiger partial charge in [0.25, 0.3) is 0 Å². The zero-order chi connectivity index (χ0) is 13.9. The average molecular weight is 258 g/mol. The molecule has 5 nitrogen and oxygen atoms in total. The molecule has 19 heavy (non-hydrogen) atoms. The Kier molecular flexibility index (Phi) is 3.61. The van der Waals surface area contributed by atoms with Crippen LogP contribution in [0.5, 0.6) is 0 Å². The van der Waals surface area contributed by atoms with Crippen molar-refractivity contribution in [3.05, 3.63) is 46.0 Å². The molecule has 1 aromatic carbocycles. The highest BCUT2D eigenvalue weighted by Crippen LogP contribution is 2.46. The van der Waals surface area contributed by atoms with E-state index in [4.69, 9.17) is 0 Å². The van der Waals surface area contributed by atoms with Crippen LogP contribution >= 0.6 is 0 Å². The van der Waals surface area contributed by atoms with Crippen LogP contribution in [-0.2, 0) is 4.79 Å². The summed E-state index contributed by atoms with van der Waals surface area (Å²) in [7, 11) is 0. The fourth-order valence-electron chi connectivity index (χ4n) is 2.84. The van der Waals surface area contributed by atoms with E-state index in [1.165, 1.54) is 0 Å². The smallest absolute Gasteiger partial charge is 0.212 e. The predicted molar refractivity (Wildman–Crippen MR) is 67.9 cm³/mol. The van der Waals surface area contributed by atoms with Crippen LogP contribution in [0.1, 0.15) is 30.7 Å². The number of carbonyl (C=O) groups is 1. The van der Waals surface area contributed by atoms with Gasteiger partial charge in [-0.05, 0) is 18.4 Å². The second kappa shape index (κ2) is 5.19. The molecule has 0 saturated heterocycles. The van der Waals surface area contributed by atoms with Crippen LogP contribution in [-0.4, -0.2) is 17.3 Å². The van der Waals surface area contributed by atoms with Gasteiger partial charge in [-0.25, -0.2) is 0 Å². The van der Waals surface area contributed by atoms with E-state index in [0.717, 1.165) is 0 Å². The van der Waals surface area contributed by atoms with Gasteiger partial charge < -0.3 is 0 Å². The Labute approximate surface area is 111 Å². The summed E-state index contributed by atoms with van der Waals surface area (Å²) >= 11 is 0. The molecule has 1 fully saturated rings. The van der Waals surface area contributed by atoms with E-state index < -0.39 is 16.3 Å². The Bertz CT molecular complexity index is 535. The van der Waals surface area contributed by atoms with Crippen LogP contribution in [0, 0.1) is 26.9 Å². The number of nitro groups is 1. The van der Waals surface area contributed by atoms with Crippen LogP contribution in [0.2, 0.25) is 0 Å². The summed E-state index contributed by atoms with van der Waals surface area (Å²) in [4.78, 5) is 22.5. The monoisotopic (exact) mass is 258 g/mol. The minimum atomic E-state index is -1.23. The lowest BCUT2D eigenvalue weighted by Crippen LogP contribution is -2.35. The van der Waals surface area contributed by atoms with Crippen molar-refractivity contribution in [3.8, 4) is 6.07 Å². The number of ketones is 1. The van der Waals surface area contributed by atoms with Gasteiger partial charge in [-0.15, -0.1) is 0 Å². The molecule has 1 saturated carbocycles. The largest absolute Gasteiger partial charge is 0.298 e. The lowest BCUT2D eigenvalue weighted by molar-refractivity contribution is -0.485. The van der Waals surface area contributed by atoms with Crippen molar-refractivity contribution in [2.75, 3.05) is 6.54 Å². The highest BCUT2D eigenvalue weighted by Gasteiger charge is 2.51. The quantitative estimate of drug-likeness (QED) is 0.612. The summed E-state index contributed by atoms with van der Waals surface area (Å²) in [5, 5.41) is 20.3. The van der Waals surface area contributed by atoms with Gasteiger partial charge in [-0.3, -0.25) is 14.9 Å². The van der Waals surface area contributed by atoms with E-state index in [1.807, 2.05) is 6.07 Å². The van der Waals surface area contributed by atoms with Crippen LogP contribution in [0.4, 0.5) is 0 Å². The third-order valence-corrected chi connectivity index (χ3v) is 3.80. The first-order valence-corrected chi connectivity index (χ1v) is 6.21. The molecular formula is C14H14N2O3. The highest BCUT2D eigenvalue weighted by atomic mass is 16.6. The number of hydrogen-bond donors (Lipinski definition) is 0. The van der Waals surface area contributed by atoms with Crippen molar-refractivity contribution < 1.29 is 9.72 Å². The number of nitriles is 1. The third kappa shape index (κ3) is 2.34. The van der Waals surface area contributed by atoms with Crippen molar-refractivity contribution in [3.63, 3.8) is 0 Å². The lowest BCUT2D eigenvalue weighted by Gasteiger charge is -2.27. The van der Waals surface area contributed by atoms with E-state index in [2.05, 4.69) is 6.07 Å². The first-order chi connectivity index (χ1) is 9.10. The Balaban J connectivity index is 2.46. The van der Waals surface area contributed by atoms with Crippen molar-refractivity contribution in [1.82, 2.24) is 0 Å². The number of rotatable bonds is 4. The highest BCUT2D eigenvalue weighted by molar-refractivity contribution is 5.90. The molecule has 0 aliphatic heterocycles. The SMILES string of the molecule is N#C[C@]1([C@@H](C[N+](=O)[O-])c2ccccc2)CCCC1=O. The molecule has 0 amide bonds. The molecular weight excluding hydrogens is 244 g/mol. The van der Waals surface area contributed by atoms with Gasteiger partial charge >= 0.3 is 0 Å². The number of carbonyl (C=O) groups excluding carboxylic acids is 1. The summed E-state index contributed by atoms with van der Waals surface area (Å²) in [6.07, 6.45) is 1.39. The van der Waals surface area contributed by atoms with E-state index in [-0.39, 0.29) is 12.3 Å². The molecule has 1 aliphatic carbocycles. The van der Waals surface area contributed by atoms with Gasteiger partial charge in [0.2, 0.25) is 6.54 Å². The number of hydrogen-bond acceptors (Lipinski definition) is 4. The Morgan fingerprint density at radius 2 is 2.11 bits per heavy atom. The number of benzene rings is 1. The Morgan fingerprint density at radius 3 is 2.58 bits per heavy atom. The maximum absolute atomic E-state index is 12.1.